The molecule has 0 heterocycles. The summed E-state index contributed by atoms with van der Waals surface area (Å²) in [5.41, 5.74) is 4.98. The minimum Gasteiger partial charge on any atom is -0.449 e. The van der Waals surface area contributed by atoms with Crippen molar-refractivity contribution in [1.82, 2.24) is 5.32 Å². The smallest absolute Gasteiger partial charge is 0.338 e. The van der Waals surface area contributed by atoms with Crippen molar-refractivity contribution < 1.29 is 27.5 Å². The molecule has 4 N–H and O–H groups in total. The van der Waals surface area contributed by atoms with Gasteiger partial charge in [-0.15, -0.1) is 0 Å². The number of hydrogen-bond acceptors (Lipinski definition) is 6. The summed E-state index contributed by atoms with van der Waals surface area (Å²) in [6.07, 6.45) is -0.277. The summed E-state index contributed by atoms with van der Waals surface area (Å²) in [5, 5.41) is 1.77. The molecule has 1 unspecified atom stereocenters. The Kier molecular flexibility index (Phi) is 5.46. The van der Waals surface area contributed by atoms with Crippen LogP contribution in [0.5, 0.6) is 0 Å². The van der Waals surface area contributed by atoms with E-state index in [0.717, 1.165) is 6.26 Å². The zero-order valence-electron chi connectivity index (χ0n) is 11.8. The van der Waals surface area contributed by atoms with E-state index < -0.39 is 34.0 Å². The number of hydrogen-bond donors (Lipinski definition) is 3. The summed E-state index contributed by atoms with van der Waals surface area (Å²) in [4.78, 5) is 33.8. The Morgan fingerprint density at radius 2 is 1.91 bits per heavy atom. The second kappa shape index (κ2) is 6.89. The van der Waals surface area contributed by atoms with Crippen molar-refractivity contribution in [1.29, 1.82) is 0 Å². The average molecular weight is 329 g/mol. The van der Waals surface area contributed by atoms with Crippen molar-refractivity contribution >= 4 is 33.6 Å². The lowest BCUT2D eigenvalue weighted by molar-refractivity contribution is -0.127. The van der Waals surface area contributed by atoms with Crippen LogP contribution in [0.1, 0.15) is 17.3 Å². The largest absolute Gasteiger partial charge is 0.449 e. The number of rotatable bonds is 5. The van der Waals surface area contributed by atoms with Crippen molar-refractivity contribution in [2.75, 3.05) is 11.0 Å². The predicted molar refractivity (Wildman–Crippen MR) is 77.5 cm³/mol. The molecule has 0 radical (unpaired) electrons. The van der Waals surface area contributed by atoms with Gasteiger partial charge in [0.2, 0.25) is 10.0 Å². The number of sulfonamides is 1. The van der Waals surface area contributed by atoms with E-state index in [1.807, 2.05) is 0 Å². The number of nitrogens with two attached hydrogens (primary N) is 1. The molecule has 0 saturated heterocycles. The number of imide groups is 1. The van der Waals surface area contributed by atoms with E-state index in [-0.39, 0.29) is 11.3 Å². The molecule has 0 aromatic heterocycles. The summed E-state index contributed by atoms with van der Waals surface area (Å²) in [5.74, 6) is -1.73. The Balaban J connectivity index is 2.79. The maximum atomic E-state index is 11.9. The number of nitrogens with one attached hydrogen (secondary N) is 2. The van der Waals surface area contributed by atoms with Gasteiger partial charge in [0.15, 0.2) is 6.10 Å². The first-order chi connectivity index (χ1) is 10.1. The quantitative estimate of drug-likeness (QED) is 0.638. The van der Waals surface area contributed by atoms with E-state index in [0.29, 0.717) is 0 Å². The molecular weight excluding hydrogens is 314 g/mol. The van der Waals surface area contributed by atoms with Gasteiger partial charge in [-0.3, -0.25) is 14.8 Å². The third-order valence-corrected chi connectivity index (χ3v) is 2.91. The lowest BCUT2D eigenvalue weighted by atomic mass is 10.2. The van der Waals surface area contributed by atoms with Crippen LogP contribution in [-0.2, 0) is 19.6 Å². The fourth-order valence-corrected chi connectivity index (χ4v) is 1.98. The number of carbonyl (C=O) groups excluding carboxylic acids is 3. The Bertz CT molecular complexity index is 701. The Morgan fingerprint density at radius 3 is 2.45 bits per heavy atom. The number of ether oxygens (including phenoxy) is 1. The molecule has 0 spiro atoms. The van der Waals surface area contributed by atoms with Crippen molar-refractivity contribution in [2.24, 2.45) is 5.73 Å². The highest BCUT2D eigenvalue weighted by Gasteiger charge is 2.20. The van der Waals surface area contributed by atoms with Gasteiger partial charge in [-0.25, -0.2) is 18.0 Å². The molecule has 1 aromatic rings. The first kappa shape index (κ1) is 17.4. The number of benzene rings is 1. The van der Waals surface area contributed by atoms with Gasteiger partial charge in [-0.2, -0.15) is 0 Å². The topological polar surface area (TPSA) is 145 Å². The molecule has 1 rings (SSSR count). The maximum absolute atomic E-state index is 11.9. The highest BCUT2D eigenvalue weighted by molar-refractivity contribution is 7.92. The molecule has 0 bridgehead atoms. The van der Waals surface area contributed by atoms with Gasteiger partial charge >= 0.3 is 12.0 Å². The lowest BCUT2D eigenvalue weighted by Crippen LogP contribution is -2.42. The minimum atomic E-state index is -3.49. The van der Waals surface area contributed by atoms with Crippen LogP contribution in [0.15, 0.2) is 24.3 Å². The van der Waals surface area contributed by atoms with E-state index in [2.05, 4.69) is 4.72 Å². The Hall–Kier alpha value is -2.62. The van der Waals surface area contributed by atoms with Gasteiger partial charge in [0.05, 0.1) is 11.8 Å². The molecule has 0 saturated carbocycles. The first-order valence-electron chi connectivity index (χ1n) is 5.97. The number of carbonyl (C=O) groups is 3. The van der Waals surface area contributed by atoms with Crippen LogP contribution in [0, 0.1) is 0 Å². The van der Waals surface area contributed by atoms with Crippen LogP contribution in [0.4, 0.5) is 10.5 Å². The number of primary amides is 1. The fraction of sp³-hybridized carbons (Fsp3) is 0.250. The molecule has 1 aromatic carbocycles. The minimum absolute atomic E-state index is 0.0346. The molecule has 0 aliphatic carbocycles. The predicted octanol–water partition coefficient (Wildman–Crippen LogP) is -0.202. The second-order valence-electron chi connectivity index (χ2n) is 4.36. The van der Waals surface area contributed by atoms with Crippen molar-refractivity contribution in [2.45, 2.75) is 13.0 Å². The number of esters is 1. The van der Waals surface area contributed by atoms with E-state index >= 15 is 0 Å². The molecular formula is C12H15N3O6S. The van der Waals surface area contributed by atoms with Gasteiger partial charge in [-0.1, -0.05) is 6.07 Å². The molecule has 120 valence electrons. The van der Waals surface area contributed by atoms with E-state index in [9.17, 15) is 22.8 Å². The van der Waals surface area contributed by atoms with Gasteiger partial charge < -0.3 is 10.5 Å². The van der Waals surface area contributed by atoms with Crippen LogP contribution in [0.3, 0.4) is 0 Å². The Morgan fingerprint density at radius 1 is 1.27 bits per heavy atom. The monoisotopic (exact) mass is 329 g/mol. The van der Waals surface area contributed by atoms with E-state index in [1.165, 1.54) is 31.2 Å². The molecule has 9 nitrogen and oxygen atoms in total. The maximum Gasteiger partial charge on any atom is 0.338 e. The van der Waals surface area contributed by atoms with Crippen LogP contribution in [-0.4, -0.2) is 38.7 Å². The van der Waals surface area contributed by atoms with Crippen LogP contribution >= 0.6 is 0 Å². The molecule has 0 fully saturated rings. The van der Waals surface area contributed by atoms with Gasteiger partial charge in [-0.05, 0) is 25.1 Å². The molecule has 0 aliphatic rings. The number of amides is 3. The van der Waals surface area contributed by atoms with Crippen molar-refractivity contribution in [3.8, 4) is 0 Å². The van der Waals surface area contributed by atoms with E-state index in [1.54, 1.807) is 5.32 Å². The molecule has 10 heteroatoms. The summed E-state index contributed by atoms with van der Waals surface area (Å²) in [6, 6.07) is 4.46. The SMILES string of the molecule is CC(OC(=O)c1cccc(NS(C)(=O)=O)c1)C(=O)NC(N)=O. The summed E-state index contributed by atoms with van der Waals surface area (Å²) in [7, 11) is -3.49. The van der Waals surface area contributed by atoms with Gasteiger partial charge in [0.1, 0.15) is 0 Å². The zero-order chi connectivity index (χ0) is 16.9. The summed E-state index contributed by atoms with van der Waals surface area (Å²) >= 11 is 0. The molecule has 0 aliphatic heterocycles. The van der Waals surface area contributed by atoms with Crippen LogP contribution < -0.4 is 15.8 Å². The highest BCUT2D eigenvalue weighted by Crippen LogP contribution is 2.13. The number of anilines is 1. The standard InChI is InChI=1S/C12H15N3O6S/c1-7(10(16)14-12(13)18)21-11(17)8-4-3-5-9(6-8)15-22(2,19)20/h3-7,15H,1-2H3,(H3,13,14,16,18). The normalized spacial score (nSPS) is 12.1. The fourth-order valence-electron chi connectivity index (χ4n) is 1.43. The second-order valence-corrected chi connectivity index (χ2v) is 6.10. The summed E-state index contributed by atoms with van der Waals surface area (Å²) in [6.45, 7) is 1.26. The van der Waals surface area contributed by atoms with Crippen molar-refractivity contribution in [3.05, 3.63) is 29.8 Å². The molecule has 22 heavy (non-hydrogen) atoms. The lowest BCUT2D eigenvalue weighted by Gasteiger charge is -2.12. The number of urea groups is 1. The summed E-state index contributed by atoms with van der Waals surface area (Å²) < 4.78 is 29.3. The highest BCUT2D eigenvalue weighted by atomic mass is 32.2. The third kappa shape index (κ3) is 5.79. The van der Waals surface area contributed by atoms with Crippen molar-refractivity contribution in [3.63, 3.8) is 0 Å². The molecule has 1 atom stereocenters. The zero-order valence-corrected chi connectivity index (χ0v) is 12.6. The Labute approximate surface area is 126 Å². The van der Waals surface area contributed by atoms with Gasteiger partial charge in [0, 0.05) is 5.69 Å². The third-order valence-electron chi connectivity index (χ3n) is 2.30. The first-order valence-corrected chi connectivity index (χ1v) is 7.87. The van der Waals surface area contributed by atoms with Crippen LogP contribution in [0.2, 0.25) is 0 Å². The van der Waals surface area contributed by atoms with E-state index in [4.69, 9.17) is 10.5 Å². The molecule has 3 amide bonds. The average Bonchev–Trinajstić information content (AvgIpc) is 2.36. The van der Waals surface area contributed by atoms with Gasteiger partial charge in [0.25, 0.3) is 5.91 Å². The van der Waals surface area contributed by atoms with Crippen LogP contribution in [0.25, 0.3) is 0 Å².